The van der Waals surface area contributed by atoms with E-state index >= 15 is 0 Å². The molecule has 2 aromatic carbocycles. The normalized spacial score (nSPS) is 18.5. The summed E-state index contributed by atoms with van der Waals surface area (Å²) in [6.45, 7) is 2.37. The van der Waals surface area contributed by atoms with Crippen molar-refractivity contribution >= 4 is 29.1 Å². The molecule has 0 unspecified atom stereocenters. The van der Waals surface area contributed by atoms with Gasteiger partial charge >= 0.3 is 0 Å². The number of rotatable bonds is 6. The van der Waals surface area contributed by atoms with Crippen LogP contribution in [0, 0.1) is 0 Å². The molecule has 1 heterocycles. The zero-order chi connectivity index (χ0) is 19.2. The maximum Gasteiger partial charge on any atom is 0.242 e. The van der Waals surface area contributed by atoms with Crippen LogP contribution in [0.15, 0.2) is 58.7 Å². The number of amidine groups is 1. The topological polar surface area (TPSA) is 63.5 Å². The van der Waals surface area contributed by atoms with E-state index in [9.17, 15) is 4.79 Å². The summed E-state index contributed by atoms with van der Waals surface area (Å²) in [7, 11) is 3.18. The molecule has 7 heteroatoms. The largest absolute Gasteiger partial charge is 0.493 e. The van der Waals surface area contributed by atoms with Crippen molar-refractivity contribution in [2.24, 2.45) is 10.2 Å². The van der Waals surface area contributed by atoms with Crippen molar-refractivity contribution in [3.05, 3.63) is 59.7 Å². The molecule has 1 aliphatic rings. The van der Waals surface area contributed by atoms with Gasteiger partial charge in [-0.2, -0.15) is 5.10 Å². The van der Waals surface area contributed by atoms with Crippen molar-refractivity contribution in [2.75, 3.05) is 14.2 Å². The molecule has 0 aromatic heterocycles. The minimum absolute atomic E-state index is 0.0453. The highest BCUT2D eigenvalue weighted by Gasteiger charge is 2.35. The third-order valence-electron chi connectivity index (χ3n) is 4.07. The predicted molar refractivity (Wildman–Crippen MR) is 109 cm³/mol. The summed E-state index contributed by atoms with van der Waals surface area (Å²) in [6, 6.07) is 15.3. The summed E-state index contributed by atoms with van der Waals surface area (Å²) in [6.07, 6.45) is 1.63. The van der Waals surface area contributed by atoms with Gasteiger partial charge in [-0.1, -0.05) is 42.1 Å². The number of methoxy groups -OCH3 is 2. The molecule has 0 N–H and O–H groups in total. The molecule has 140 valence electrons. The molecule has 1 amide bonds. The minimum Gasteiger partial charge on any atom is -0.493 e. The second kappa shape index (κ2) is 8.73. The molecule has 0 radical (unpaired) electrons. The van der Waals surface area contributed by atoms with Crippen LogP contribution in [-0.4, -0.2) is 41.7 Å². The molecule has 2 aromatic rings. The van der Waals surface area contributed by atoms with E-state index in [0.717, 1.165) is 11.1 Å². The van der Waals surface area contributed by atoms with Gasteiger partial charge in [0.2, 0.25) is 5.91 Å². The van der Waals surface area contributed by atoms with Gasteiger partial charge in [0.1, 0.15) is 0 Å². The summed E-state index contributed by atoms with van der Waals surface area (Å²) < 4.78 is 10.5. The van der Waals surface area contributed by atoms with E-state index in [1.165, 1.54) is 11.8 Å². The highest BCUT2D eigenvalue weighted by Crippen LogP contribution is 2.29. The predicted octanol–water partition coefficient (Wildman–Crippen LogP) is 3.56. The molecule has 3 rings (SSSR count). The Balaban J connectivity index is 1.78. The maximum absolute atomic E-state index is 12.4. The number of carbonyl (C=O) groups is 1. The van der Waals surface area contributed by atoms with Crippen molar-refractivity contribution in [1.29, 1.82) is 0 Å². The van der Waals surface area contributed by atoms with Crippen molar-refractivity contribution in [2.45, 2.75) is 18.7 Å². The van der Waals surface area contributed by atoms with E-state index in [2.05, 4.69) is 10.2 Å². The van der Waals surface area contributed by atoms with Crippen LogP contribution in [-0.2, 0) is 11.3 Å². The zero-order valence-electron chi connectivity index (χ0n) is 15.5. The van der Waals surface area contributed by atoms with Gasteiger partial charge in [-0.05, 0) is 36.2 Å². The van der Waals surface area contributed by atoms with Crippen LogP contribution in [0.5, 0.6) is 11.5 Å². The Morgan fingerprint density at radius 1 is 1.11 bits per heavy atom. The Morgan fingerprint density at radius 3 is 2.56 bits per heavy atom. The number of amides is 1. The zero-order valence-corrected chi connectivity index (χ0v) is 16.3. The number of nitrogens with zero attached hydrogens (tertiary/aromatic N) is 3. The number of hydrogen-bond donors (Lipinski definition) is 0. The average molecular weight is 383 g/mol. The maximum atomic E-state index is 12.4. The first-order valence-electron chi connectivity index (χ1n) is 8.47. The lowest BCUT2D eigenvalue weighted by Gasteiger charge is -2.15. The van der Waals surface area contributed by atoms with Gasteiger partial charge in [0, 0.05) is 0 Å². The van der Waals surface area contributed by atoms with Crippen molar-refractivity contribution < 1.29 is 14.3 Å². The summed E-state index contributed by atoms with van der Waals surface area (Å²) in [5.74, 6) is 1.32. The lowest BCUT2D eigenvalue weighted by atomic mass is 10.2. The Bertz CT molecular complexity index is 868. The summed E-state index contributed by atoms with van der Waals surface area (Å²) in [5.41, 5.74) is 1.88. The molecular formula is C20H21N3O3S. The van der Waals surface area contributed by atoms with E-state index in [0.29, 0.717) is 23.2 Å². The molecule has 1 saturated heterocycles. The molecular weight excluding hydrogens is 362 g/mol. The van der Waals surface area contributed by atoms with Crippen molar-refractivity contribution in [3.63, 3.8) is 0 Å². The molecule has 0 bridgehead atoms. The molecule has 0 saturated carbocycles. The number of carbonyl (C=O) groups excluding carboxylic acids is 1. The number of ether oxygens (including phenoxy) is 2. The van der Waals surface area contributed by atoms with E-state index < -0.39 is 0 Å². The van der Waals surface area contributed by atoms with Crippen molar-refractivity contribution in [3.8, 4) is 11.5 Å². The first kappa shape index (κ1) is 19.0. The highest BCUT2D eigenvalue weighted by atomic mass is 32.2. The molecule has 0 spiro atoms. The summed E-state index contributed by atoms with van der Waals surface area (Å²) in [5, 5.41) is 8.89. The molecule has 1 atom stereocenters. The van der Waals surface area contributed by atoms with Crippen LogP contribution in [0.4, 0.5) is 0 Å². The Labute approximate surface area is 162 Å². The fourth-order valence-corrected chi connectivity index (χ4v) is 3.57. The third kappa shape index (κ3) is 4.49. The molecule has 0 aliphatic carbocycles. The van der Waals surface area contributed by atoms with Crippen LogP contribution in [0.2, 0.25) is 0 Å². The van der Waals surface area contributed by atoms with Gasteiger partial charge in [-0.25, -0.2) is 0 Å². The fraction of sp³-hybridized carbons (Fsp3) is 0.250. The number of thioether (sulfide) groups is 1. The van der Waals surface area contributed by atoms with Gasteiger partial charge in [-0.3, -0.25) is 9.69 Å². The minimum atomic E-state index is -0.163. The van der Waals surface area contributed by atoms with E-state index in [1.807, 2.05) is 55.5 Å². The second-order valence-corrected chi connectivity index (χ2v) is 7.22. The molecule has 1 aliphatic heterocycles. The van der Waals surface area contributed by atoms with Gasteiger partial charge in [-0.15, -0.1) is 5.10 Å². The number of benzene rings is 2. The van der Waals surface area contributed by atoms with E-state index in [-0.39, 0.29) is 11.2 Å². The smallest absolute Gasteiger partial charge is 0.242 e. The fourth-order valence-electron chi connectivity index (χ4n) is 2.65. The quantitative estimate of drug-likeness (QED) is 0.565. The summed E-state index contributed by atoms with van der Waals surface area (Å²) >= 11 is 1.42. The first-order chi connectivity index (χ1) is 13.1. The molecule has 1 fully saturated rings. The van der Waals surface area contributed by atoms with Crippen LogP contribution in [0.1, 0.15) is 18.1 Å². The summed E-state index contributed by atoms with van der Waals surface area (Å²) in [4.78, 5) is 14.1. The Kier molecular flexibility index (Phi) is 6.13. The third-order valence-corrected chi connectivity index (χ3v) is 5.14. The van der Waals surface area contributed by atoms with Gasteiger partial charge < -0.3 is 9.47 Å². The first-order valence-corrected chi connectivity index (χ1v) is 9.35. The van der Waals surface area contributed by atoms with Gasteiger partial charge in [0.25, 0.3) is 0 Å². The standard InChI is InChI=1S/C20H21N3O3S/c1-14-19(24)23(13-15-7-5-4-6-8-15)20(27-14)22-21-12-16-9-10-17(25-2)18(11-16)26-3/h4-12,14H,13H2,1-3H3/b21-12-,22-20+/t14-/m0/s1. The molecule has 27 heavy (non-hydrogen) atoms. The van der Waals surface area contributed by atoms with Crippen LogP contribution >= 0.6 is 11.8 Å². The van der Waals surface area contributed by atoms with Gasteiger partial charge in [0.05, 0.1) is 32.2 Å². The lowest BCUT2D eigenvalue weighted by molar-refractivity contribution is -0.126. The van der Waals surface area contributed by atoms with Crippen LogP contribution in [0.3, 0.4) is 0 Å². The van der Waals surface area contributed by atoms with E-state index in [1.54, 1.807) is 25.3 Å². The Hall–Kier alpha value is -2.80. The van der Waals surface area contributed by atoms with Crippen LogP contribution < -0.4 is 9.47 Å². The van der Waals surface area contributed by atoms with E-state index in [4.69, 9.17) is 9.47 Å². The van der Waals surface area contributed by atoms with Crippen LogP contribution in [0.25, 0.3) is 0 Å². The second-order valence-electron chi connectivity index (χ2n) is 5.91. The number of hydrogen-bond acceptors (Lipinski definition) is 6. The Morgan fingerprint density at radius 2 is 1.85 bits per heavy atom. The van der Waals surface area contributed by atoms with Gasteiger partial charge in [0.15, 0.2) is 16.7 Å². The van der Waals surface area contributed by atoms with Crippen molar-refractivity contribution in [1.82, 2.24) is 4.90 Å². The monoisotopic (exact) mass is 383 g/mol. The SMILES string of the molecule is COc1ccc(/C=N\N=C2\S[C@@H](C)C(=O)N2Cc2ccccc2)cc1OC. The lowest BCUT2D eigenvalue weighted by Crippen LogP contribution is -2.30. The highest BCUT2D eigenvalue weighted by molar-refractivity contribution is 8.15. The average Bonchev–Trinajstić information content (AvgIpc) is 2.96. The molecule has 6 nitrogen and oxygen atoms in total.